The zero-order chi connectivity index (χ0) is 16.9. The van der Waals surface area contributed by atoms with Crippen LogP contribution < -0.4 is 5.32 Å². The topological polar surface area (TPSA) is 32.3 Å². The summed E-state index contributed by atoms with van der Waals surface area (Å²) >= 11 is 1.77. The van der Waals surface area contributed by atoms with E-state index in [4.69, 9.17) is 0 Å². The number of aryl methyl sites for hydroxylation is 2. The van der Waals surface area contributed by atoms with E-state index in [1.54, 1.807) is 11.3 Å². The van der Waals surface area contributed by atoms with Crippen LogP contribution >= 0.6 is 11.3 Å². The van der Waals surface area contributed by atoms with Crippen molar-refractivity contribution in [3.05, 3.63) is 57.3 Å². The van der Waals surface area contributed by atoms with Crippen LogP contribution in [-0.2, 0) is 6.54 Å². The van der Waals surface area contributed by atoms with E-state index in [0.717, 1.165) is 50.1 Å². The van der Waals surface area contributed by atoms with Gasteiger partial charge in [-0.25, -0.2) is 0 Å². The highest BCUT2D eigenvalue weighted by Crippen LogP contribution is 2.19. The molecule has 0 bridgehead atoms. The zero-order valence-electron chi connectivity index (χ0n) is 14.5. The Morgan fingerprint density at radius 2 is 2.04 bits per heavy atom. The van der Waals surface area contributed by atoms with Crippen LogP contribution in [0.15, 0.2) is 35.0 Å². The van der Waals surface area contributed by atoms with E-state index in [1.807, 2.05) is 19.1 Å². The molecule has 2 heterocycles. The second kappa shape index (κ2) is 7.95. The van der Waals surface area contributed by atoms with E-state index in [2.05, 4.69) is 40.0 Å². The molecule has 1 aromatic carbocycles. The summed E-state index contributed by atoms with van der Waals surface area (Å²) < 4.78 is 0. The molecule has 1 aromatic heterocycles. The second-order valence-electron chi connectivity index (χ2n) is 6.88. The van der Waals surface area contributed by atoms with E-state index in [-0.39, 0.29) is 5.91 Å². The van der Waals surface area contributed by atoms with Crippen molar-refractivity contribution >= 4 is 17.2 Å². The molecule has 24 heavy (non-hydrogen) atoms. The lowest BCUT2D eigenvalue weighted by atomic mass is 9.96. The van der Waals surface area contributed by atoms with Gasteiger partial charge in [0, 0.05) is 18.7 Å². The molecule has 0 spiro atoms. The van der Waals surface area contributed by atoms with Crippen LogP contribution in [0, 0.1) is 19.8 Å². The molecule has 0 unspecified atom stereocenters. The van der Waals surface area contributed by atoms with Crippen LogP contribution in [0.5, 0.6) is 0 Å². The van der Waals surface area contributed by atoms with Crippen molar-refractivity contribution in [1.82, 2.24) is 10.2 Å². The summed E-state index contributed by atoms with van der Waals surface area (Å²) in [6.45, 7) is 8.16. The predicted octanol–water partition coefficient (Wildman–Crippen LogP) is 4.01. The minimum absolute atomic E-state index is 0.0632. The molecular weight excluding hydrogens is 316 g/mol. The fraction of sp³-hybridized carbons (Fsp3) is 0.450. The van der Waals surface area contributed by atoms with Gasteiger partial charge < -0.3 is 5.32 Å². The number of nitrogens with one attached hydrogen (secondary N) is 1. The number of thiophene rings is 1. The number of carbonyl (C=O) groups excluding carboxylic acids is 1. The van der Waals surface area contributed by atoms with Gasteiger partial charge in [-0.1, -0.05) is 17.7 Å². The van der Waals surface area contributed by atoms with Gasteiger partial charge in [0.2, 0.25) is 0 Å². The normalized spacial score (nSPS) is 16.2. The molecule has 4 heteroatoms. The van der Waals surface area contributed by atoms with Crippen LogP contribution in [0.25, 0.3) is 0 Å². The lowest BCUT2D eigenvalue weighted by Gasteiger charge is -2.31. The molecule has 3 rings (SSSR count). The number of likely N-dealkylation sites (tertiary alicyclic amines) is 1. The molecule has 1 N–H and O–H groups in total. The van der Waals surface area contributed by atoms with E-state index >= 15 is 0 Å². The van der Waals surface area contributed by atoms with Crippen molar-refractivity contribution in [2.45, 2.75) is 33.2 Å². The summed E-state index contributed by atoms with van der Waals surface area (Å²) in [5.74, 6) is 0.659. The van der Waals surface area contributed by atoms with Crippen molar-refractivity contribution in [2.24, 2.45) is 5.92 Å². The third kappa shape index (κ3) is 4.46. The Bertz CT molecular complexity index is 673. The van der Waals surface area contributed by atoms with Crippen LogP contribution in [-0.4, -0.2) is 30.4 Å². The maximum absolute atomic E-state index is 12.4. The summed E-state index contributed by atoms with van der Waals surface area (Å²) in [7, 11) is 0. The van der Waals surface area contributed by atoms with Crippen molar-refractivity contribution < 1.29 is 4.79 Å². The fourth-order valence-electron chi connectivity index (χ4n) is 3.39. The highest BCUT2D eigenvalue weighted by atomic mass is 32.1. The number of rotatable bonds is 5. The lowest BCUT2D eigenvalue weighted by molar-refractivity contribution is 0.0934. The highest BCUT2D eigenvalue weighted by Gasteiger charge is 2.20. The second-order valence-corrected chi connectivity index (χ2v) is 7.66. The molecule has 1 aliphatic heterocycles. The first-order valence-corrected chi connectivity index (χ1v) is 9.65. The third-order valence-corrected chi connectivity index (χ3v) is 5.60. The molecule has 1 saturated heterocycles. The van der Waals surface area contributed by atoms with E-state index in [0.29, 0.717) is 5.92 Å². The first-order chi connectivity index (χ1) is 11.6. The van der Waals surface area contributed by atoms with Gasteiger partial charge in [0.05, 0.1) is 0 Å². The Morgan fingerprint density at radius 3 is 2.71 bits per heavy atom. The minimum atomic E-state index is 0.0632. The largest absolute Gasteiger partial charge is 0.352 e. The smallest absolute Gasteiger partial charge is 0.251 e. The zero-order valence-corrected chi connectivity index (χ0v) is 15.4. The summed E-state index contributed by atoms with van der Waals surface area (Å²) in [5, 5.41) is 7.51. The molecule has 0 atom stereocenters. The Hall–Kier alpha value is -1.65. The summed E-state index contributed by atoms with van der Waals surface area (Å²) in [6, 6.07) is 8.22. The standard InChI is InChI=1S/C20H26N2OS/c1-15-3-4-19(16(2)11-15)20(23)21-12-17-5-8-22(9-6-17)13-18-7-10-24-14-18/h3-4,7,10-11,14,17H,5-6,8-9,12-13H2,1-2H3,(H,21,23). The molecule has 1 fully saturated rings. The van der Waals surface area contributed by atoms with Gasteiger partial charge in [0.25, 0.3) is 5.91 Å². The van der Waals surface area contributed by atoms with Crippen molar-refractivity contribution in [1.29, 1.82) is 0 Å². The van der Waals surface area contributed by atoms with Crippen molar-refractivity contribution in [3.63, 3.8) is 0 Å². The van der Waals surface area contributed by atoms with E-state index in [9.17, 15) is 4.79 Å². The van der Waals surface area contributed by atoms with Crippen LogP contribution in [0.2, 0.25) is 0 Å². The predicted molar refractivity (Wildman–Crippen MR) is 101 cm³/mol. The molecule has 1 amide bonds. The van der Waals surface area contributed by atoms with Gasteiger partial charge in [-0.3, -0.25) is 9.69 Å². The van der Waals surface area contributed by atoms with Gasteiger partial charge in [0.15, 0.2) is 0 Å². The number of carbonyl (C=O) groups is 1. The average molecular weight is 343 g/mol. The summed E-state index contributed by atoms with van der Waals surface area (Å²) in [6.07, 6.45) is 2.33. The monoisotopic (exact) mass is 342 g/mol. The number of benzene rings is 1. The van der Waals surface area contributed by atoms with Crippen molar-refractivity contribution in [2.75, 3.05) is 19.6 Å². The van der Waals surface area contributed by atoms with Crippen LogP contribution in [0.3, 0.4) is 0 Å². The molecule has 1 aliphatic rings. The van der Waals surface area contributed by atoms with Gasteiger partial charge in [-0.05, 0) is 79.7 Å². The first-order valence-electron chi connectivity index (χ1n) is 8.70. The molecule has 3 nitrogen and oxygen atoms in total. The molecule has 2 aromatic rings. The Labute approximate surface area is 148 Å². The Balaban J connectivity index is 1.44. The quantitative estimate of drug-likeness (QED) is 0.890. The number of hydrogen-bond donors (Lipinski definition) is 1. The first kappa shape index (κ1) is 17.2. The lowest BCUT2D eigenvalue weighted by Crippen LogP contribution is -2.38. The number of nitrogens with zero attached hydrogens (tertiary/aromatic N) is 1. The Kier molecular flexibility index (Phi) is 5.69. The average Bonchev–Trinajstić information content (AvgIpc) is 3.07. The maximum Gasteiger partial charge on any atom is 0.251 e. The molecule has 0 radical (unpaired) electrons. The number of piperidine rings is 1. The van der Waals surface area contributed by atoms with Gasteiger partial charge in [-0.2, -0.15) is 11.3 Å². The summed E-state index contributed by atoms with van der Waals surface area (Å²) in [4.78, 5) is 14.9. The van der Waals surface area contributed by atoms with Gasteiger partial charge >= 0.3 is 0 Å². The SMILES string of the molecule is Cc1ccc(C(=O)NCC2CCN(Cc3ccsc3)CC2)c(C)c1. The van der Waals surface area contributed by atoms with Crippen LogP contribution in [0.4, 0.5) is 0 Å². The van der Waals surface area contributed by atoms with Gasteiger partial charge in [0.1, 0.15) is 0 Å². The number of hydrogen-bond acceptors (Lipinski definition) is 3. The Morgan fingerprint density at radius 1 is 1.25 bits per heavy atom. The number of amides is 1. The minimum Gasteiger partial charge on any atom is -0.352 e. The van der Waals surface area contributed by atoms with Crippen LogP contribution in [0.1, 0.15) is 39.9 Å². The van der Waals surface area contributed by atoms with E-state index < -0.39 is 0 Å². The highest BCUT2D eigenvalue weighted by molar-refractivity contribution is 7.07. The fourth-order valence-corrected chi connectivity index (χ4v) is 4.05. The van der Waals surface area contributed by atoms with Crippen molar-refractivity contribution in [3.8, 4) is 0 Å². The molecule has 128 valence electrons. The van der Waals surface area contributed by atoms with E-state index in [1.165, 1.54) is 11.1 Å². The summed E-state index contributed by atoms with van der Waals surface area (Å²) in [5.41, 5.74) is 4.47. The molecule has 0 aliphatic carbocycles. The maximum atomic E-state index is 12.4. The van der Waals surface area contributed by atoms with Gasteiger partial charge in [-0.15, -0.1) is 0 Å². The molecule has 0 saturated carbocycles. The molecular formula is C20H26N2OS. The third-order valence-electron chi connectivity index (χ3n) is 4.87.